The van der Waals surface area contributed by atoms with Crippen LogP contribution in [0.25, 0.3) is 0 Å². The minimum Gasteiger partial charge on any atom is -0.496 e. The lowest BCUT2D eigenvalue weighted by atomic mass is 9.85. The average molecular weight is 449 g/mol. The zero-order chi connectivity index (χ0) is 22.6. The second kappa shape index (κ2) is 9.78. The lowest BCUT2D eigenvalue weighted by molar-refractivity contribution is -0.126. The van der Waals surface area contributed by atoms with Gasteiger partial charge in [0, 0.05) is 12.0 Å². The van der Waals surface area contributed by atoms with E-state index >= 15 is 0 Å². The van der Waals surface area contributed by atoms with Gasteiger partial charge in [0.25, 0.3) is 0 Å². The molecule has 1 atom stereocenters. The van der Waals surface area contributed by atoms with Gasteiger partial charge in [-0.25, -0.2) is 17.5 Å². The van der Waals surface area contributed by atoms with Gasteiger partial charge in [-0.1, -0.05) is 12.1 Å². The third-order valence-electron chi connectivity index (χ3n) is 5.83. The molecule has 1 amide bonds. The summed E-state index contributed by atoms with van der Waals surface area (Å²) in [6.07, 6.45) is 2.41. The number of nitrogens with one attached hydrogen (secondary N) is 2. The molecule has 1 fully saturated rings. The third kappa shape index (κ3) is 5.83. The highest BCUT2D eigenvalue weighted by molar-refractivity contribution is 7.89. The van der Waals surface area contributed by atoms with Gasteiger partial charge in [0.1, 0.15) is 11.6 Å². The summed E-state index contributed by atoms with van der Waals surface area (Å²) in [5.41, 5.74) is 1.59. The summed E-state index contributed by atoms with van der Waals surface area (Å²) in [6, 6.07) is 10.4. The maximum absolute atomic E-state index is 13.1. The summed E-state index contributed by atoms with van der Waals surface area (Å²) < 4.78 is 46.5. The van der Waals surface area contributed by atoms with Crippen LogP contribution >= 0.6 is 0 Å². The van der Waals surface area contributed by atoms with Gasteiger partial charge in [-0.3, -0.25) is 4.79 Å². The monoisotopic (exact) mass is 448 g/mol. The van der Waals surface area contributed by atoms with E-state index in [0.29, 0.717) is 31.4 Å². The molecule has 1 aliphatic rings. The molecule has 6 nitrogen and oxygen atoms in total. The van der Waals surface area contributed by atoms with Crippen molar-refractivity contribution < 1.29 is 22.3 Å². The Labute approximate surface area is 183 Å². The van der Waals surface area contributed by atoms with E-state index in [2.05, 4.69) is 10.0 Å². The molecule has 0 spiro atoms. The number of amides is 1. The van der Waals surface area contributed by atoms with E-state index in [4.69, 9.17) is 4.74 Å². The Balaban J connectivity index is 1.53. The van der Waals surface area contributed by atoms with Crippen molar-refractivity contribution >= 4 is 15.9 Å². The molecule has 31 heavy (non-hydrogen) atoms. The fourth-order valence-electron chi connectivity index (χ4n) is 3.95. The number of halogens is 1. The van der Waals surface area contributed by atoms with E-state index in [1.165, 1.54) is 18.2 Å². The number of carbonyl (C=O) groups excluding carboxylic acids is 1. The van der Waals surface area contributed by atoms with E-state index in [-0.39, 0.29) is 34.6 Å². The van der Waals surface area contributed by atoms with Crippen molar-refractivity contribution in [2.24, 2.45) is 5.92 Å². The zero-order valence-electron chi connectivity index (χ0n) is 18.0. The van der Waals surface area contributed by atoms with Crippen molar-refractivity contribution in [1.82, 2.24) is 10.0 Å². The lowest BCUT2D eigenvalue weighted by Gasteiger charge is -2.29. The highest BCUT2D eigenvalue weighted by Gasteiger charge is 2.30. The van der Waals surface area contributed by atoms with Crippen molar-refractivity contribution in [3.05, 3.63) is 59.4 Å². The highest BCUT2D eigenvalue weighted by atomic mass is 32.2. The quantitative estimate of drug-likeness (QED) is 0.674. The van der Waals surface area contributed by atoms with Crippen LogP contribution in [0.15, 0.2) is 47.4 Å². The van der Waals surface area contributed by atoms with E-state index < -0.39 is 10.0 Å². The molecule has 1 aliphatic carbocycles. The van der Waals surface area contributed by atoms with Crippen LogP contribution < -0.4 is 14.8 Å². The lowest BCUT2D eigenvalue weighted by Crippen LogP contribution is -2.41. The molecule has 0 radical (unpaired) electrons. The molecule has 0 saturated heterocycles. The molecule has 3 rings (SSSR count). The average Bonchev–Trinajstić information content (AvgIpc) is 2.74. The van der Waals surface area contributed by atoms with Crippen molar-refractivity contribution in [3.63, 3.8) is 0 Å². The van der Waals surface area contributed by atoms with Crippen molar-refractivity contribution in [1.29, 1.82) is 0 Å². The fraction of sp³-hybridized carbons (Fsp3) is 0.435. The summed E-state index contributed by atoms with van der Waals surface area (Å²) in [6.45, 7) is 3.66. The molecular formula is C23H29FN2O4S. The van der Waals surface area contributed by atoms with Crippen molar-refractivity contribution in [2.45, 2.75) is 56.5 Å². The topological polar surface area (TPSA) is 84.5 Å². The molecule has 1 saturated carbocycles. The third-order valence-corrected chi connectivity index (χ3v) is 7.34. The Morgan fingerprint density at radius 2 is 1.74 bits per heavy atom. The van der Waals surface area contributed by atoms with Crippen LogP contribution in [0.2, 0.25) is 0 Å². The summed E-state index contributed by atoms with van der Waals surface area (Å²) in [4.78, 5) is 12.8. The number of carbonyl (C=O) groups is 1. The predicted molar refractivity (Wildman–Crippen MR) is 117 cm³/mol. The first-order chi connectivity index (χ1) is 14.7. The first-order valence-electron chi connectivity index (χ1n) is 10.4. The Bertz CT molecular complexity index is 1020. The van der Waals surface area contributed by atoms with Crippen LogP contribution in [-0.4, -0.2) is 27.5 Å². The maximum Gasteiger partial charge on any atom is 0.240 e. The Kier molecular flexibility index (Phi) is 7.33. The van der Waals surface area contributed by atoms with Gasteiger partial charge in [0.05, 0.1) is 18.0 Å². The molecule has 168 valence electrons. The molecule has 0 bridgehead atoms. The number of rotatable bonds is 7. The van der Waals surface area contributed by atoms with Crippen LogP contribution in [0.5, 0.6) is 5.75 Å². The van der Waals surface area contributed by atoms with Gasteiger partial charge in [-0.2, -0.15) is 0 Å². The van der Waals surface area contributed by atoms with Gasteiger partial charge in [0.2, 0.25) is 15.9 Å². The predicted octanol–water partition coefficient (Wildman–Crippen LogP) is 3.86. The number of hydrogen-bond donors (Lipinski definition) is 2. The van der Waals surface area contributed by atoms with Crippen LogP contribution in [0.4, 0.5) is 4.39 Å². The summed E-state index contributed by atoms with van der Waals surface area (Å²) >= 11 is 0. The molecular weight excluding hydrogens is 419 g/mol. The van der Waals surface area contributed by atoms with Crippen LogP contribution in [0.3, 0.4) is 0 Å². The SMILES string of the molecule is COc1ccc(S(=O)(=O)NC2CCC(C(=O)N[C@H](C)c3ccc(F)cc3)CC2)cc1C. The Hall–Kier alpha value is -2.45. The zero-order valence-corrected chi connectivity index (χ0v) is 18.8. The van der Waals surface area contributed by atoms with Crippen molar-refractivity contribution in [3.8, 4) is 5.75 Å². The van der Waals surface area contributed by atoms with Crippen LogP contribution in [-0.2, 0) is 14.8 Å². The largest absolute Gasteiger partial charge is 0.496 e. The molecule has 8 heteroatoms. The van der Waals surface area contributed by atoms with Crippen LogP contribution in [0.1, 0.15) is 49.8 Å². The minimum atomic E-state index is -3.64. The number of methoxy groups -OCH3 is 1. The van der Waals surface area contributed by atoms with E-state index in [1.54, 1.807) is 38.3 Å². The maximum atomic E-state index is 13.1. The fourth-order valence-corrected chi connectivity index (χ4v) is 5.33. The molecule has 2 aromatic carbocycles. The Morgan fingerprint density at radius 1 is 1.10 bits per heavy atom. The Morgan fingerprint density at radius 3 is 2.32 bits per heavy atom. The van der Waals surface area contributed by atoms with Gasteiger partial charge in [-0.15, -0.1) is 0 Å². The number of hydrogen-bond acceptors (Lipinski definition) is 4. The number of aryl methyl sites for hydroxylation is 1. The number of ether oxygens (including phenoxy) is 1. The first kappa shape index (κ1) is 23.2. The molecule has 0 aliphatic heterocycles. The standard InChI is InChI=1S/C23H29FN2O4S/c1-15-14-21(12-13-22(15)30-3)31(28,29)26-20-10-6-18(7-11-20)23(27)25-16(2)17-4-8-19(24)9-5-17/h4-5,8-9,12-14,16,18,20,26H,6-7,10-11H2,1-3H3,(H,25,27)/t16-,18?,20?/m1/s1. The molecule has 0 unspecified atom stereocenters. The van der Waals surface area contributed by atoms with Gasteiger partial charge in [0.15, 0.2) is 0 Å². The van der Waals surface area contributed by atoms with E-state index in [1.807, 2.05) is 6.92 Å². The number of sulfonamides is 1. The second-order valence-corrected chi connectivity index (χ2v) is 9.80. The van der Waals surface area contributed by atoms with Crippen molar-refractivity contribution in [2.75, 3.05) is 7.11 Å². The molecule has 2 N–H and O–H groups in total. The van der Waals surface area contributed by atoms with Crippen LogP contribution in [0, 0.1) is 18.7 Å². The normalized spacial score (nSPS) is 20.1. The van der Waals surface area contributed by atoms with Gasteiger partial charge >= 0.3 is 0 Å². The first-order valence-corrected chi connectivity index (χ1v) is 11.9. The highest BCUT2D eigenvalue weighted by Crippen LogP contribution is 2.27. The number of benzene rings is 2. The van der Waals surface area contributed by atoms with Gasteiger partial charge < -0.3 is 10.1 Å². The summed E-state index contributed by atoms with van der Waals surface area (Å²) in [5, 5.41) is 2.98. The summed E-state index contributed by atoms with van der Waals surface area (Å²) in [5.74, 6) is 0.115. The molecule has 0 aromatic heterocycles. The van der Waals surface area contributed by atoms with Gasteiger partial charge in [-0.05, 0) is 81.0 Å². The molecule has 2 aromatic rings. The second-order valence-electron chi connectivity index (χ2n) is 8.08. The van der Waals surface area contributed by atoms with E-state index in [0.717, 1.165) is 11.1 Å². The molecule has 0 heterocycles. The minimum absolute atomic E-state index is 0.0519. The summed E-state index contributed by atoms with van der Waals surface area (Å²) in [7, 11) is -2.10. The smallest absolute Gasteiger partial charge is 0.240 e. The van der Waals surface area contributed by atoms with E-state index in [9.17, 15) is 17.6 Å².